The maximum Gasteiger partial charge on any atom is 0.222 e. The zero-order valence-electron chi connectivity index (χ0n) is 6.43. The van der Waals surface area contributed by atoms with E-state index in [1.807, 2.05) is 0 Å². The van der Waals surface area contributed by atoms with Crippen LogP contribution < -0.4 is 5.32 Å². The average Bonchev–Trinajstić information content (AvgIpc) is 2.28. The summed E-state index contributed by atoms with van der Waals surface area (Å²) in [5, 5.41) is 21.3. The predicted octanol–water partition coefficient (Wildman–Crippen LogP) is -2.00. The van der Waals surface area contributed by atoms with E-state index < -0.39 is 24.4 Å². The summed E-state index contributed by atoms with van der Waals surface area (Å²) in [5.74, 6) is -0.131. The summed E-state index contributed by atoms with van der Waals surface area (Å²) in [4.78, 5) is 10.9. The van der Waals surface area contributed by atoms with Crippen LogP contribution >= 0.6 is 0 Å². The molecule has 2 saturated heterocycles. The number of rotatable bonds is 0. The average molecular weight is 173 g/mol. The Morgan fingerprint density at radius 2 is 2.00 bits per heavy atom. The lowest BCUT2D eigenvalue weighted by Crippen LogP contribution is -2.42. The number of aliphatic hydroxyl groups is 2. The lowest BCUT2D eigenvalue weighted by Gasteiger charge is -2.16. The Bertz CT molecular complexity index is 208. The molecule has 3 unspecified atom stereocenters. The van der Waals surface area contributed by atoms with Gasteiger partial charge in [-0.25, -0.2) is 0 Å². The van der Waals surface area contributed by atoms with Crippen LogP contribution in [0.3, 0.4) is 0 Å². The van der Waals surface area contributed by atoms with Gasteiger partial charge in [0.05, 0.1) is 12.5 Å². The Hall–Kier alpha value is -0.650. The first-order chi connectivity index (χ1) is 5.68. The van der Waals surface area contributed by atoms with Gasteiger partial charge in [-0.3, -0.25) is 4.79 Å². The maximum absolute atomic E-state index is 10.9. The quantitative estimate of drug-likeness (QED) is 0.395. The molecule has 0 radical (unpaired) electrons. The highest BCUT2D eigenvalue weighted by molar-refractivity contribution is 5.77. The number of aliphatic hydroxyl groups excluding tert-OH is 2. The molecule has 0 aliphatic carbocycles. The first-order valence-corrected chi connectivity index (χ1v) is 3.97. The van der Waals surface area contributed by atoms with Crippen molar-refractivity contribution < 1.29 is 19.7 Å². The van der Waals surface area contributed by atoms with Gasteiger partial charge in [0.1, 0.15) is 18.3 Å². The second kappa shape index (κ2) is 2.69. The Morgan fingerprint density at radius 3 is 2.75 bits per heavy atom. The zero-order valence-corrected chi connectivity index (χ0v) is 6.43. The molecule has 2 bridgehead atoms. The van der Waals surface area contributed by atoms with Gasteiger partial charge in [0.25, 0.3) is 0 Å². The summed E-state index contributed by atoms with van der Waals surface area (Å²) in [6.07, 6.45) is -2.63. The second-order valence-corrected chi connectivity index (χ2v) is 3.20. The molecule has 0 aromatic rings. The second-order valence-electron chi connectivity index (χ2n) is 3.20. The Balaban J connectivity index is 2.15. The molecule has 68 valence electrons. The van der Waals surface area contributed by atoms with Crippen molar-refractivity contribution in [1.29, 1.82) is 0 Å². The molecule has 0 saturated carbocycles. The van der Waals surface area contributed by atoms with E-state index in [0.717, 1.165) is 0 Å². The summed E-state index contributed by atoms with van der Waals surface area (Å²) >= 11 is 0. The molecule has 2 rings (SSSR count). The molecule has 2 heterocycles. The monoisotopic (exact) mass is 173 g/mol. The summed E-state index contributed by atoms with van der Waals surface area (Å²) in [6.45, 7) is 0.285. The van der Waals surface area contributed by atoms with E-state index in [9.17, 15) is 15.0 Å². The minimum Gasteiger partial charge on any atom is -0.388 e. The van der Waals surface area contributed by atoms with Crippen molar-refractivity contribution in [1.82, 2.24) is 5.32 Å². The molecule has 5 heteroatoms. The van der Waals surface area contributed by atoms with Crippen LogP contribution in [0.15, 0.2) is 0 Å². The standard InChI is InChI=1S/C7H11NO4/c9-5-1-3-6(10)7(11)4(12-3)2-8-5/h3-4,6-7,10-11H,1-2H2,(H,8,9)/t3?,4?,6?,7-/m1/s1. The van der Waals surface area contributed by atoms with Crippen LogP contribution in [-0.4, -0.2) is 47.1 Å². The molecule has 0 aromatic heterocycles. The number of carbonyl (C=O) groups excluding carboxylic acids is 1. The van der Waals surface area contributed by atoms with E-state index in [0.29, 0.717) is 0 Å². The molecule has 5 nitrogen and oxygen atoms in total. The lowest BCUT2D eigenvalue weighted by molar-refractivity contribution is -0.123. The van der Waals surface area contributed by atoms with Gasteiger partial charge in [0, 0.05) is 6.54 Å². The highest BCUT2D eigenvalue weighted by Gasteiger charge is 2.45. The van der Waals surface area contributed by atoms with E-state index in [1.165, 1.54) is 0 Å². The first-order valence-electron chi connectivity index (χ1n) is 3.97. The van der Waals surface area contributed by atoms with Crippen molar-refractivity contribution in [3.05, 3.63) is 0 Å². The summed E-state index contributed by atoms with van der Waals surface area (Å²) < 4.78 is 5.23. The lowest BCUT2D eigenvalue weighted by atomic mass is 10.0. The van der Waals surface area contributed by atoms with Gasteiger partial charge in [-0.05, 0) is 0 Å². The van der Waals surface area contributed by atoms with Gasteiger partial charge in [0.15, 0.2) is 0 Å². The number of fused-ring (bicyclic) bond motifs is 2. The van der Waals surface area contributed by atoms with Crippen molar-refractivity contribution in [2.24, 2.45) is 0 Å². The highest BCUT2D eigenvalue weighted by atomic mass is 16.5. The molecule has 2 fully saturated rings. The Kier molecular flexibility index (Phi) is 1.79. The summed E-state index contributed by atoms with van der Waals surface area (Å²) in [5.41, 5.74) is 0. The Morgan fingerprint density at radius 1 is 1.33 bits per heavy atom. The Labute approximate surface area is 69.3 Å². The third-order valence-corrected chi connectivity index (χ3v) is 2.35. The maximum atomic E-state index is 10.9. The van der Waals surface area contributed by atoms with E-state index in [4.69, 9.17) is 4.74 Å². The van der Waals surface area contributed by atoms with E-state index in [2.05, 4.69) is 5.32 Å². The number of amides is 1. The van der Waals surface area contributed by atoms with Gasteiger partial charge in [-0.2, -0.15) is 0 Å². The highest BCUT2D eigenvalue weighted by Crippen LogP contribution is 2.24. The van der Waals surface area contributed by atoms with Crippen LogP contribution in [0.1, 0.15) is 6.42 Å². The van der Waals surface area contributed by atoms with Crippen LogP contribution in [0.4, 0.5) is 0 Å². The van der Waals surface area contributed by atoms with Crippen LogP contribution in [-0.2, 0) is 9.53 Å². The third kappa shape index (κ3) is 1.10. The zero-order chi connectivity index (χ0) is 8.72. The number of hydrogen-bond donors (Lipinski definition) is 3. The van der Waals surface area contributed by atoms with Crippen molar-refractivity contribution >= 4 is 5.91 Å². The summed E-state index contributed by atoms with van der Waals surface area (Å²) in [6, 6.07) is 0. The van der Waals surface area contributed by atoms with E-state index >= 15 is 0 Å². The van der Waals surface area contributed by atoms with Gasteiger partial charge < -0.3 is 20.3 Å². The van der Waals surface area contributed by atoms with Crippen molar-refractivity contribution in [3.8, 4) is 0 Å². The van der Waals surface area contributed by atoms with Crippen molar-refractivity contribution in [3.63, 3.8) is 0 Å². The molecule has 0 spiro atoms. The van der Waals surface area contributed by atoms with Gasteiger partial charge in [0.2, 0.25) is 5.91 Å². The number of hydrogen-bond acceptors (Lipinski definition) is 4. The molecular weight excluding hydrogens is 162 g/mol. The van der Waals surface area contributed by atoms with Crippen LogP contribution in [0.2, 0.25) is 0 Å². The van der Waals surface area contributed by atoms with E-state index in [1.54, 1.807) is 0 Å². The van der Waals surface area contributed by atoms with Gasteiger partial charge in [-0.1, -0.05) is 0 Å². The van der Waals surface area contributed by atoms with Crippen molar-refractivity contribution in [2.45, 2.75) is 30.8 Å². The molecule has 3 N–H and O–H groups in total. The van der Waals surface area contributed by atoms with E-state index in [-0.39, 0.29) is 18.9 Å². The first kappa shape index (κ1) is 7.97. The predicted molar refractivity (Wildman–Crippen MR) is 38.3 cm³/mol. The molecule has 4 atom stereocenters. The van der Waals surface area contributed by atoms with Gasteiger partial charge in [-0.15, -0.1) is 0 Å². The van der Waals surface area contributed by atoms with Gasteiger partial charge >= 0.3 is 0 Å². The molecular formula is C7H11NO4. The number of carbonyl (C=O) groups is 1. The van der Waals surface area contributed by atoms with Crippen LogP contribution in [0.5, 0.6) is 0 Å². The fraction of sp³-hybridized carbons (Fsp3) is 0.857. The summed E-state index contributed by atoms with van der Waals surface area (Å²) in [7, 11) is 0. The molecule has 2 aliphatic rings. The molecule has 0 aromatic carbocycles. The van der Waals surface area contributed by atoms with Crippen LogP contribution in [0, 0.1) is 0 Å². The van der Waals surface area contributed by atoms with Crippen LogP contribution in [0.25, 0.3) is 0 Å². The molecule has 12 heavy (non-hydrogen) atoms. The largest absolute Gasteiger partial charge is 0.388 e. The normalized spacial score (nSPS) is 47.0. The minimum absolute atomic E-state index is 0.131. The SMILES string of the molecule is O=C1CC2OC(CN1)[C@@H](O)C2O. The molecule has 1 amide bonds. The fourth-order valence-corrected chi connectivity index (χ4v) is 1.63. The topological polar surface area (TPSA) is 78.8 Å². The van der Waals surface area contributed by atoms with Crippen molar-refractivity contribution in [2.75, 3.05) is 6.54 Å². The number of nitrogens with one attached hydrogen (secondary N) is 1. The molecule has 2 aliphatic heterocycles. The fourth-order valence-electron chi connectivity index (χ4n) is 1.63. The number of ether oxygens (including phenoxy) is 1. The smallest absolute Gasteiger partial charge is 0.222 e. The minimum atomic E-state index is -0.916. The third-order valence-electron chi connectivity index (χ3n) is 2.35.